The molecule has 11 nitrogen and oxygen atoms in total. The van der Waals surface area contributed by atoms with Crippen molar-refractivity contribution in [3.8, 4) is 5.75 Å². The van der Waals surface area contributed by atoms with Crippen LogP contribution in [0.3, 0.4) is 0 Å². The first-order valence-corrected chi connectivity index (χ1v) is 13.7. The molecular formula is C26H21F3N5O6S-. The highest BCUT2D eigenvalue weighted by Crippen LogP contribution is 2.41. The second kappa shape index (κ2) is 10.1. The maximum absolute atomic E-state index is 13.8. The van der Waals surface area contributed by atoms with Crippen LogP contribution in [0.15, 0.2) is 66.7 Å². The van der Waals surface area contributed by atoms with Crippen LogP contribution >= 0.6 is 0 Å². The molecule has 41 heavy (non-hydrogen) atoms. The number of halogens is 3. The number of anilines is 2. The van der Waals surface area contributed by atoms with E-state index in [1.807, 2.05) is 0 Å². The van der Waals surface area contributed by atoms with Gasteiger partial charge in [0.05, 0.1) is 35.7 Å². The Morgan fingerprint density at radius 3 is 2.49 bits per heavy atom. The number of hydrazine groups is 2. The average molecular weight is 589 g/mol. The quantitative estimate of drug-likeness (QED) is 0.344. The molecule has 0 radical (unpaired) electrons. The highest BCUT2D eigenvalue weighted by atomic mass is 32.2. The Balaban J connectivity index is 1.84. The number of benzene rings is 3. The summed E-state index contributed by atoms with van der Waals surface area (Å²) in [7, 11) is -2.76. The number of nitrogens with zero attached hydrogens (tertiary/aromatic N) is 3. The summed E-state index contributed by atoms with van der Waals surface area (Å²) in [4.78, 5) is 27.1. The van der Waals surface area contributed by atoms with E-state index in [-0.39, 0.29) is 34.0 Å². The zero-order valence-electron chi connectivity index (χ0n) is 21.4. The Kier molecular flexibility index (Phi) is 6.89. The molecular weight excluding hydrogens is 567 g/mol. The lowest BCUT2D eigenvalue weighted by atomic mass is 10.1. The van der Waals surface area contributed by atoms with Crippen LogP contribution in [0.2, 0.25) is 0 Å². The number of carbonyl (C=O) groups excluding carboxylic acids is 2. The third kappa shape index (κ3) is 5.29. The zero-order valence-corrected chi connectivity index (χ0v) is 22.2. The molecule has 1 aliphatic rings. The van der Waals surface area contributed by atoms with E-state index in [4.69, 9.17) is 4.74 Å². The van der Waals surface area contributed by atoms with Crippen LogP contribution < -0.4 is 19.9 Å². The minimum Gasteiger partial charge on any atom is -0.748 e. The lowest BCUT2D eigenvalue weighted by Crippen LogP contribution is -2.51. The van der Waals surface area contributed by atoms with E-state index in [0.29, 0.717) is 28.6 Å². The number of aromatic nitrogens is 1. The number of carbonyl (C=O) groups is 2. The Hall–Kier alpha value is -4.60. The Morgan fingerprint density at radius 1 is 1.07 bits per heavy atom. The summed E-state index contributed by atoms with van der Waals surface area (Å²) in [6, 6.07) is 15.0. The van der Waals surface area contributed by atoms with Gasteiger partial charge in [-0.05, 0) is 48.0 Å². The number of ether oxygens (including phenoxy) is 1. The molecule has 0 aliphatic carbocycles. The molecule has 0 unspecified atom stereocenters. The van der Waals surface area contributed by atoms with Gasteiger partial charge < -0.3 is 19.9 Å². The number of sulfonamides is 1. The van der Waals surface area contributed by atoms with Crippen molar-refractivity contribution in [3.63, 3.8) is 0 Å². The van der Waals surface area contributed by atoms with Gasteiger partial charge >= 0.3 is 6.18 Å². The van der Waals surface area contributed by atoms with E-state index in [1.165, 1.54) is 29.9 Å². The molecule has 0 saturated heterocycles. The molecule has 0 saturated carbocycles. The van der Waals surface area contributed by atoms with Crippen molar-refractivity contribution in [2.45, 2.75) is 12.7 Å². The SMILES string of the molecule is COc1cccc(Cn2c(C(=O)NS(C)(=O)=O)c(N3C(=O)c4ccccc4NN3[O-])c3cc(C(F)(F)F)ccc32)c1. The number of para-hydroxylation sites is 1. The molecule has 0 bridgehead atoms. The molecule has 0 atom stereocenters. The van der Waals surface area contributed by atoms with E-state index in [0.717, 1.165) is 12.1 Å². The van der Waals surface area contributed by atoms with Crippen molar-refractivity contribution >= 4 is 44.1 Å². The number of methoxy groups -OCH3 is 1. The van der Waals surface area contributed by atoms with Gasteiger partial charge in [-0.2, -0.15) is 18.5 Å². The fourth-order valence-corrected chi connectivity index (χ4v) is 5.03. The Labute approximate surface area is 231 Å². The third-order valence-electron chi connectivity index (χ3n) is 6.29. The van der Waals surface area contributed by atoms with Crippen LogP contribution in [-0.4, -0.2) is 43.4 Å². The molecule has 15 heteroatoms. The van der Waals surface area contributed by atoms with Gasteiger partial charge in [0.2, 0.25) is 10.0 Å². The van der Waals surface area contributed by atoms with Gasteiger partial charge in [0.1, 0.15) is 17.1 Å². The van der Waals surface area contributed by atoms with Crippen molar-refractivity contribution in [2.75, 3.05) is 23.8 Å². The molecule has 1 aromatic heterocycles. The van der Waals surface area contributed by atoms with Gasteiger partial charge in [0.25, 0.3) is 11.8 Å². The normalized spacial score (nSPS) is 14.1. The maximum Gasteiger partial charge on any atom is 0.416 e. The van der Waals surface area contributed by atoms with Gasteiger partial charge in [0, 0.05) is 11.9 Å². The highest BCUT2D eigenvalue weighted by molar-refractivity contribution is 7.89. The van der Waals surface area contributed by atoms with E-state index < -0.39 is 45.0 Å². The number of rotatable bonds is 6. The Bertz CT molecular complexity index is 1810. The summed E-state index contributed by atoms with van der Waals surface area (Å²) in [5, 5.41) is 13.4. The van der Waals surface area contributed by atoms with Crippen molar-refractivity contribution in [2.24, 2.45) is 0 Å². The van der Waals surface area contributed by atoms with E-state index in [2.05, 4.69) is 5.43 Å². The summed E-state index contributed by atoms with van der Waals surface area (Å²) in [6.07, 6.45) is -4.10. The lowest BCUT2D eigenvalue weighted by Gasteiger charge is -2.43. The van der Waals surface area contributed by atoms with E-state index >= 15 is 0 Å². The number of nitrogens with one attached hydrogen (secondary N) is 2. The van der Waals surface area contributed by atoms with Gasteiger partial charge in [0.15, 0.2) is 0 Å². The van der Waals surface area contributed by atoms with Gasteiger partial charge in [-0.1, -0.05) is 24.3 Å². The average Bonchev–Trinajstić information content (AvgIpc) is 3.20. The van der Waals surface area contributed by atoms with Crippen molar-refractivity contribution in [3.05, 3.63) is 94.3 Å². The first kappa shape index (κ1) is 27.9. The predicted molar refractivity (Wildman–Crippen MR) is 143 cm³/mol. The molecule has 5 rings (SSSR count). The van der Waals surface area contributed by atoms with E-state index in [9.17, 15) is 36.4 Å². The van der Waals surface area contributed by atoms with Crippen LogP contribution in [0, 0.1) is 5.21 Å². The summed E-state index contributed by atoms with van der Waals surface area (Å²) < 4.78 is 73.9. The second-order valence-electron chi connectivity index (χ2n) is 9.12. The monoisotopic (exact) mass is 588 g/mol. The van der Waals surface area contributed by atoms with Crippen molar-refractivity contribution in [1.82, 2.24) is 14.6 Å². The largest absolute Gasteiger partial charge is 0.748 e. The van der Waals surface area contributed by atoms with Gasteiger partial charge in [-0.15, -0.1) is 0 Å². The molecule has 2 N–H and O–H groups in total. The summed E-state index contributed by atoms with van der Waals surface area (Å²) in [5.74, 6) is -1.78. The molecule has 4 aromatic rings. The minimum atomic E-state index is -4.82. The van der Waals surface area contributed by atoms with Crippen molar-refractivity contribution < 1.29 is 35.9 Å². The summed E-state index contributed by atoms with van der Waals surface area (Å²) in [5.41, 5.74) is 0.889. The first-order chi connectivity index (χ1) is 19.3. The number of fused-ring (bicyclic) bond motifs is 2. The third-order valence-corrected chi connectivity index (χ3v) is 6.85. The minimum absolute atomic E-state index is 0.00487. The first-order valence-electron chi connectivity index (χ1n) is 11.8. The number of amides is 2. The van der Waals surface area contributed by atoms with E-state index in [1.54, 1.807) is 35.1 Å². The standard InChI is InChI=1S/C26H21F3N5O6S/c1-40-17-7-5-6-15(12-17)14-32-21-11-10-16(26(27,28)29)13-19(21)22(23(32)24(35)31-41(2,38)39)33-25(36)18-8-3-4-9-20(18)30-34(33)37/h3-13,30H,14H2,1-2H3,(H,31,35)/q-1. The van der Waals surface area contributed by atoms with Crippen LogP contribution in [0.4, 0.5) is 24.5 Å². The molecule has 2 heterocycles. The second-order valence-corrected chi connectivity index (χ2v) is 10.9. The van der Waals surface area contributed by atoms with Crippen LogP contribution in [-0.2, 0) is 22.7 Å². The summed E-state index contributed by atoms with van der Waals surface area (Å²) in [6.45, 7) is -0.170. The topological polar surface area (TPSA) is 136 Å². The zero-order chi connectivity index (χ0) is 29.7. The van der Waals surface area contributed by atoms with Crippen molar-refractivity contribution in [1.29, 1.82) is 0 Å². The molecule has 2 amide bonds. The van der Waals surface area contributed by atoms with Crippen LogP contribution in [0.25, 0.3) is 10.9 Å². The number of alkyl halides is 3. The fraction of sp³-hybridized carbons (Fsp3) is 0.154. The molecule has 0 spiro atoms. The molecule has 1 aliphatic heterocycles. The smallest absolute Gasteiger partial charge is 0.416 e. The molecule has 3 aromatic carbocycles. The molecule has 0 fully saturated rings. The lowest BCUT2D eigenvalue weighted by molar-refractivity contribution is -0.137. The molecule has 214 valence electrons. The van der Waals surface area contributed by atoms with Crippen LogP contribution in [0.5, 0.6) is 5.75 Å². The van der Waals surface area contributed by atoms with Gasteiger partial charge in [-0.3, -0.25) is 9.59 Å². The number of hydrogen-bond donors (Lipinski definition) is 2. The fourth-order valence-electron chi connectivity index (χ4n) is 4.60. The predicted octanol–water partition coefficient (Wildman–Crippen LogP) is 4.11. The van der Waals surface area contributed by atoms with Crippen LogP contribution in [0.1, 0.15) is 32.0 Å². The van der Waals surface area contributed by atoms with Gasteiger partial charge in [-0.25, -0.2) is 18.1 Å². The highest BCUT2D eigenvalue weighted by Gasteiger charge is 2.37. The number of hydrogen-bond acceptors (Lipinski definition) is 8. The Morgan fingerprint density at radius 2 is 1.80 bits per heavy atom. The maximum atomic E-state index is 13.8. The summed E-state index contributed by atoms with van der Waals surface area (Å²) >= 11 is 0.